The van der Waals surface area contributed by atoms with Gasteiger partial charge in [0.2, 0.25) is 0 Å². The van der Waals surface area contributed by atoms with E-state index in [0.717, 1.165) is 116 Å². The number of fused-ring (bicyclic) bond motifs is 6. The van der Waals surface area contributed by atoms with E-state index in [1.54, 1.807) is 0 Å². The zero-order valence-electron chi connectivity index (χ0n) is 28.8. The molecule has 0 fully saturated rings. The molecule has 0 bridgehead atoms. The van der Waals surface area contributed by atoms with E-state index in [4.69, 9.17) is 10.2 Å². The summed E-state index contributed by atoms with van der Waals surface area (Å²) in [7, 11) is 0. The fraction of sp³-hybridized carbons (Fsp3) is 0. The van der Waals surface area contributed by atoms with Crippen LogP contribution < -0.4 is 0 Å². The van der Waals surface area contributed by atoms with Gasteiger partial charge in [-0.05, 0) is 53.9 Å². The largest absolute Gasteiger partial charge is 0.360 e. The summed E-state index contributed by atoms with van der Waals surface area (Å²) in [4.78, 5) is 11.5. The second kappa shape index (κ2) is 11.0. The van der Waals surface area contributed by atoms with Crippen LogP contribution in [0.4, 0.5) is 0 Å². The van der Waals surface area contributed by atoms with E-state index in [1.165, 1.54) is 0 Å². The molecule has 0 atom stereocenters. The van der Waals surface area contributed by atoms with Crippen LogP contribution in [-0.2, 0) is 0 Å². The maximum Gasteiger partial charge on any atom is 0.117 e. The first kappa shape index (κ1) is 29.0. The van der Waals surface area contributed by atoms with Gasteiger partial charge in [0, 0.05) is 90.1 Å². The molecule has 0 radical (unpaired) electrons. The van der Waals surface area contributed by atoms with Crippen LogP contribution >= 0.6 is 0 Å². The van der Waals surface area contributed by atoms with Crippen molar-refractivity contribution in [2.45, 2.75) is 0 Å². The Kier molecular flexibility index (Phi) is 5.90. The van der Waals surface area contributed by atoms with Crippen LogP contribution in [0, 0.1) is 0 Å². The second-order valence-electron chi connectivity index (χ2n) is 14.0. The Labute approximate surface area is 307 Å². The van der Waals surface area contributed by atoms with Crippen molar-refractivity contribution in [2.75, 3.05) is 0 Å². The number of pyridine rings is 1. The number of hydrogen-bond acceptors (Lipinski definition) is 2. The van der Waals surface area contributed by atoms with Crippen molar-refractivity contribution < 1.29 is 0 Å². The average molecular weight is 695 g/mol. The highest BCUT2D eigenvalue weighted by Crippen LogP contribution is 2.52. The van der Waals surface area contributed by atoms with Gasteiger partial charge in [0.25, 0.3) is 0 Å². The van der Waals surface area contributed by atoms with Gasteiger partial charge in [-0.25, -0.2) is 0 Å². The second-order valence-corrected chi connectivity index (χ2v) is 14.0. The van der Waals surface area contributed by atoms with Crippen molar-refractivity contribution in [3.8, 4) is 56.3 Å². The average Bonchev–Trinajstić information content (AvgIpc) is 4.08. The van der Waals surface area contributed by atoms with Gasteiger partial charge in [-0.1, -0.05) is 84.9 Å². The van der Waals surface area contributed by atoms with Crippen LogP contribution in [0.15, 0.2) is 152 Å². The Morgan fingerprint density at radius 2 is 1.15 bits per heavy atom. The zero-order valence-corrected chi connectivity index (χ0v) is 28.8. The molecule has 54 heavy (non-hydrogen) atoms. The molecule has 7 aromatic heterocycles. The number of benzene rings is 5. The highest BCUT2D eigenvalue weighted by molar-refractivity contribution is 6.22. The van der Waals surface area contributed by atoms with Crippen molar-refractivity contribution in [1.29, 1.82) is 0 Å². The van der Waals surface area contributed by atoms with Gasteiger partial charge in [-0.2, -0.15) is 10.2 Å². The maximum atomic E-state index is 5.16. The van der Waals surface area contributed by atoms with E-state index in [0.29, 0.717) is 0 Å². The van der Waals surface area contributed by atoms with Crippen LogP contribution in [0.1, 0.15) is 0 Å². The fourth-order valence-corrected chi connectivity index (χ4v) is 8.60. The molecular weight excluding hydrogens is 665 g/mol. The molecule has 0 amide bonds. The minimum atomic E-state index is 0.865. The number of aromatic amines is 5. The summed E-state index contributed by atoms with van der Waals surface area (Å²) in [6, 6.07) is 46.9. The van der Waals surface area contributed by atoms with Gasteiger partial charge < -0.3 is 19.4 Å². The van der Waals surface area contributed by atoms with Crippen molar-refractivity contribution in [1.82, 2.24) is 39.7 Å². The highest BCUT2D eigenvalue weighted by atomic mass is 15.1. The third kappa shape index (κ3) is 4.07. The quantitative estimate of drug-likeness (QED) is 0.124. The molecule has 0 aliphatic heterocycles. The molecule has 0 aliphatic rings. The third-order valence-corrected chi connectivity index (χ3v) is 11.0. The molecule has 8 nitrogen and oxygen atoms in total. The van der Waals surface area contributed by atoms with Crippen molar-refractivity contribution in [3.05, 3.63) is 152 Å². The predicted octanol–water partition coefficient (Wildman–Crippen LogP) is 11.5. The van der Waals surface area contributed by atoms with E-state index in [1.807, 2.05) is 6.07 Å². The van der Waals surface area contributed by atoms with E-state index < -0.39 is 0 Å². The molecule has 0 saturated heterocycles. The highest BCUT2D eigenvalue weighted by Gasteiger charge is 2.30. The molecule has 12 rings (SSSR count). The number of nitrogens with zero attached hydrogens (tertiary/aromatic N) is 3. The van der Waals surface area contributed by atoms with Crippen molar-refractivity contribution in [2.24, 2.45) is 0 Å². The van der Waals surface area contributed by atoms with Gasteiger partial charge in [0.1, 0.15) is 11.4 Å². The lowest BCUT2D eigenvalue weighted by Gasteiger charge is -2.17. The first-order valence-corrected chi connectivity index (χ1v) is 18.1. The molecule has 0 aliphatic carbocycles. The monoisotopic (exact) mass is 694 g/mol. The van der Waals surface area contributed by atoms with Crippen LogP contribution in [0.5, 0.6) is 0 Å². The molecule has 254 valence electrons. The molecule has 5 N–H and O–H groups in total. The molecule has 12 aromatic rings. The van der Waals surface area contributed by atoms with Gasteiger partial charge in [-0.3, -0.25) is 10.2 Å². The zero-order chi connectivity index (χ0) is 35.3. The van der Waals surface area contributed by atoms with Gasteiger partial charge in [0.15, 0.2) is 0 Å². The predicted molar refractivity (Wildman–Crippen MR) is 219 cm³/mol. The van der Waals surface area contributed by atoms with Crippen molar-refractivity contribution in [3.63, 3.8) is 0 Å². The van der Waals surface area contributed by atoms with E-state index in [2.05, 4.69) is 176 Å². The lowest BCUT2D eigenvalue weighted by atomic mass is 9.86. The number of aromatic nitrogens is 8. The Balaban J connectivity index is 1.33. The minimum Gasteiger partial charge on any atom is -0.360 e. The molecule has 0 saturated carbocycles. The summed E-state index contributed by atoms with van der Waals surface area (Å²) in [5, 5.41) is 23.4. The Hall–Kier alpha value is -7.58. The van der Waals surface area contributed by atoms with E-state index in [-0.39, 0.29) is 0 Å². The first-order valence-electron chi connectivity index (χ1n) is 18.1. The van der Waals surface area contributed by atoms with Gasteiger partial charge in [-0.15, -0.1) is 0 Å². The summed E-state index contributed by atoms with van der Waals surface area (Å²) in [6.45, 7) is 0. The summed E-state index contributed by atoms with van der Waals surface area (Å²) >= 11 is 0. The minimum absolute atomic E-state index is 0.865. The Morgan fingerprint density at radius 3 is 1.96 bits per heavy atom. The molecule has 0 spiro atoms. The summed E-state index contributed by atoms with van der Waals surface area (Å²) in [5.74, 6) is 0. The number of para-hydroxylation sites is 3. The summed E-state index contributed by atoms with van der Waals surface area (Å²) in [6.07, 6.45) is 6.35. The van der Waals surface area contributed by atoms with E-state index >= 15 is 0 Å². The van der Waals surface area contributed by atoms with Crippen LogP contribution in [0.3, 0.4) is 0 Å². The Morgan fingerprint density at radius 1 is 0.463 bits per heavy atom. The number of hydrogen-bond donors (Lipinski definition) is 5. The number of nitrogens with one attached hydrogen (secondary N) is 5. The number of H-pyrrole nitrogens is 5. The molecular formula is C46H30N8. The number of rotatable bonds is 5. The molecule has 0 unspecified atom stereocenters. The maximum absolute atomic E-state index is 5.16. The van der Waals surface area contributed by atoms with Gasteiger partial charge in [0.05, 0.1) is 27.9 Å². The summed E-state index contributed by atoms with van der Waals surface area (Å²) < 4.78 is 2.18. The lowest BCUT2D eigenvalue weighted by molar-refractivity contribution is 1.12. The lowest BCUT2D eigenvalue weighted by Crippen LogP contribution is -1.95. The van der Waals surface area contributed by atoms with Gasteiger partial charge >= 0.3 is 0 Å². The normalized spacial score (nSPS) is 12.1. The van der Waals surface area contributed by atoms with Crippen molar-refractivity contribution >= 4 is 59.9 Å². The fourth-order valence-electron chi connectivity index (χ4n) is 8.60. The van der Waals surface area contributed by atoms with Crippen LogP contribution in [-0.4, -0.2) is 39.7 Å². The SMILES string of the molecule is c1ccc2[nH]c(-c3cc4[nH]c(-c5n[nH]c6ccccc56)c(-c5ccn6ccccc56)c4c(-c4n[nH]c5ccccc45)c3-c3[nH]cc4ccccc34)cc2c1. The molecule has 8 heteroatoms. The van der Waals surface area contributed by atoms with Crippen LogP contribution in [0.2, 0.25) is 0 Å². The molecule has 5 aromatic carbocycles. The van der Waals surface area contributed by atoms with E-state index in [9.17, 15) is 0 Å². The van der Waals surface area contributed by atoms with Crippen LogP contribution in [0.25, 0.3) is 116 Å². The molecule has 7 heterocycles. The standard InChI is InChI=1S/C46H30N8/c1-3-13-28-27(12-1)25-47-43(28)40-32(36-23-26-11-2-6-16-33(26)48-36)24-37-41(42(40)44-29-14-4-7-17-34(29)50-52-44)39(31-20-22-54-21-10-9-19-38(31)54)46(49-37)45-30-15-5-8-18-35(30)51-53-45/h1-25,47-49H,(H,50,52)(H,51,53). The Bertz CT molecular complexity index is 3380. The third-order valence-electron chi connectivity index (χ3n) is 11.0. The topological polar surface area (TPSA) is 109 Å². The first-order chi connectivity index (χ1) is 26.8. The smallest absolute Gasteiger partial charge is 0.117 e. The summed E-state index contributed by atoms with van der Waals surface area (Å²) in [5.41, 5.74) is 15.2.